The largest absolute Gasteiger partial charge is 0.382 e. The third kappa shape index (κ3) is 4.40. The van der Waals surface area contributed by atoms with Crippen molar-refractivity contribution >= 4 is 0 Å². The quantitative estimate of drug-likeness (QED) is 0.679. The SMILES string of the molecule is CCNCC1(OCCOC)CCCC(C)C1. The zero-order valence-electron chi connectivity index (χ0n) is 11.1. The summed E-state index contributed by atoms with van der Waals surface area (Å²) in [6.45, 7) is 7.90. The van der Waals surface area contributed by atoms with Crippen LogP contribution >= 0.6 is 0 Å². The lowest BCUT2D eigenvalue weighted by Gasteiger charge is -2.40. The predicted octanol–water partition coefficient (Wildman–Crippen LogP) is 2.21. The summed E-state index contributed by atoms with van der Waals surface area (Å²) in [5, 5.41) is 3.44. The molecule has 96 valence electrons. The summed E-state index contributed by atoms with van der Waals surface area (Å²) in [6, 6.07) is 0. The molecular formula is C13H27NO2. The second-order valence-corrected chi connectivity index (χ2v) is 5.01. The van der Waals surface area contributed by atoms with E-state index in [9.17, 15) is 0 Å². The van der Waals surface area contributed by atoms with Crippen molar-refractivity contribution in [3.63, 3.8) is 0 Å². The van der Waals surface area contributed by atoms with Gasteiger partial charge in [0.2, 0.25) is 0 Å². The number of likely N-dealkylation sites (N-methyl/N-ethyl adjacent to an activating group) is 1. The highest BCUT2D eigenvalue weighted by molar-refractivity contribution is 4.89. The van der Waals surface area contributed by atoms with Gasteiger partial charge >= 0.3 is 0 Å². The minimum absolute atomic E-state index is 0.0617. The van der Waals surface area contributed by atoms with Crippen molar-refractivity contribution in [1.82, 2.24) is 5.32 Å². The maximum atomic E-state index is 6.10. The summed E-state index contributed by atoms with van der Waals surface area (Å²) in [5.74, 6) is 0.787. The molecule has 1 N–H and O–H groups in total. The van der Waals surface area contributed by atoms with E-state index >= 15 is 0 Å². The molecule has 0 spiro atoms. The van der Waals surface area contributed by atoms with E-state index in [1.807, 2.05) is 0 Å². The summed E-state index contributed by atoms with van der Waals surface area (Å²) in [5.41, 5.74) is 0.0617. The van der Waals surface area contributed by atoms with Crippen LogP contribution in [0.25, 0.3) is 0 Å². The van der Waals surface area contributed by atoms with Crippen LogP contribution in [0.5, 0.6) is 0 Å². The maximum absolute atomic E-state index is 6.10. The number of rotatable bonds is 7. The van der Waals surface area contributed by atoms with Gasteiger partial charge in [-0.1, -0.05) is 26.7 Å². The summed E-state index contributed by atoms with van der Waals surface area (Å²) < 4.78 is 11.2. The van der Waals surface area contributed by atoms with E-state index in [1.54, 1.807) is 7.11 Å². The maximum Gasteiger partial charge on any atom is 0.0810 e. The van der Waals surface area contributed by atoms with Crippen molar-refractivity contribution in [3.8, 4) is 0 Å². The first-order chi connectivity index (χ1) is 7.72. The molecule has 2 unspecified atom stereocenters. The Morgan fingerprint density at radius 1 is 1.38 bits per heavy atom. The molecule has 1 saturated carbocycles. The molecule has 0 aliphatic heterocycles. The van der Waals surface area contributed by atoms with Crippen molar-refractivity contribution in [2.45, 2.75) is 45.1 Å². The first kappa shape index (κ1) is 13.9. The number of hydrogen-bond acceptors (Lipinski definition) is 3. The van der Waals surface area contributed by atoms with E-state index in [4.69, 9.17) is 9.47 Å². The van der Waals surface area contributed by atoms with Crippen LogP contribution in [0.2, 0.25) is 0 Å². The zero-order valence-corrected chi connectivity index (χ0v) is 11.1. The molecule has 0 aromatic heterocycles. The minimum atomic E-state index is 0.0617. The smallest absolute Gasteiger partial charge is 0.0810 e. The van der Waals surface area contributed by atoms with Crippen LogP contribution in [0.1, 0.15) is 39.5 Å². The Morgan fingerprint density at radius 2 is 2.19 bits per heavy atom. The third-order valence-corrected chi connectivity index (χ3v) is 3.44. The molecule has 0 aromatic carbocycles. The standard InChI is InChI=1S/C13H27NO2/c1-4-14-11-13(16-9-8-15-3)7-5-6-12(2)10-13/h12,14H,4-11H2,1-3H3. The summed E-state index contributed by atoms with van der Waals surface area (Å²) >= 11 is 0. The first-order valence-electron chi connectivity index (χ1n) is 6.56. The second-order valence-electron chi connectivity index (χ2n) is 5.01. The van der Waals surface area contributed by atoms with E-state index in [2.05, 4.69) is 19.2 Å². The lowest BCUT2D eigenvalue weighted by molar-refractivity contribution is -0.0915. The summed E-state index contributed by atoms with van der Waals surface area (Å²) in [6.07, 6.45) is 5.01. The third-order valence-electron chi connectivity index (χ3n) is 3.44. The Hall–Kier alpha value is -0.120. The van der Waals surface area contributed by atoms with Crippen molar-refractivity contribution in [3.05, 3.63) is 0 Å². The van der Waals surface area contributed by atoms with Crippen LogP contribution in [0.15, 0.2) is 0 Å². The Kier molecular flexibility index (Phi) is 6.32. The number of methoxy groups -OCH3 is 1. The van der Waals surface area contributed by atoms with Gasteiger partial charge < -0.3 is 14.8 Å². The van der Waals surface area contributed by atoms with Gasteiger partial charge in [0.15, 0.2) is 0 Å². The molecule has 0 amide bonds. The molecule has 1 aliphatic carbocycles. The molecular weight excluding hydrogens is 202 g/mol. The molecule has 2 atom stereocenters. The van der Waals surface area contributed by atoms with Gasteiger partial charge in [-0.2, -0.15) is 0 Å². The number of ether oxygens (including phenoxy) is 2. The van der Waals surface area contributed by atoms with Crippen molar-refractivity contribution in [1.29, 1.82) is 0 Å². The molecule has 0 saturated heterocycles. The average Bonchev–Trinajstić information content (AvgIpc) is 2.27. The van der Waals surface area contributed by atoms with Gasteiger partial charge in [0, 0.05) is 13.7 Å². The fourth-order valence-electron chi connectivity index (χ4n) is 2.65. The van der Waals surface area contributed by atoms with Gasteiger partial charge in [0.1, 0.15) is 0 Å². The molecule has 0 bridgehead atoms. The van der Waals surface area contributed by atoms with Crippen molar-refractivity contribution in [2.24, 2.45) is 5.92 Å². The Morgan fingerprint density at radius 3 is 2.81 bits per heavy atom. The topological polar surface area (TPSA) is 30.5 Å². The van der Waals surface area contributed by atoms with Crippen LogP contribution in [0, 0.1) is 5.92 Å². The molecule has 3 heteroatoms. The lowest BCUT2D eigenvalue weighted by atomic mass is 9.78. The van der Waals surface area contributed by atoms with Crippen LogP contribution in [-0.2, 0) is 9.47 Å². The monoisotopic (exact) mass is 229 g/mol. The molecule has 16 heavy (non-hydrogen) atoms. The highest BCUT2D eigenvalue weighted by atomic mass is 16.5. The average molecular weight is 229 g/mol. The fraction of sp³-hybridized carbons (Fsp3) is 1.00. The highest BCUT2D eigenvalue weighted by Crippen LogP contribution is 2.34. The van der Waals surface area contributed by atoms with Gasteiger partial charge in [-0.3, -0.25) is 0 Å². The Labute approximate surface area is 99.9 Å². The summed E-state index contributed by atoms with van der Waals surface area (Å²) in [4.78, 5) is 0. The second kappa shape index (κ2) is 7.25. The van der Waals surface area contributed by atoms with Gasteiger partial charge in [-0.25, -0.2) is 0 Å². The molecule has 0 aromatic rings. The lowest BCUT2D eigenvalue weighted by Crippen LogP contribution is -2.47. The first-order valence-corrected chi connectivity index (χ1v) is 6.56. The molecule has 3 nitrogen and oxygen atoms in total. The van der Waals surface area contributed by atoms with E-state index in [1.165, 1.54) is 25.7 Å². The fourth-order valence-corrected chi connectivity index (χ4v) is 2.65. The van der Waals surface area contributed by atoms with Gasteiger partial charge in [0.05, 0.1) is 18.8 Å². The van der Waals surface area contributed by atoms with Gasteiger partial charge in [0.25, 0.3) is 0 Å². The highest BCUT2D eigenvalue weighted by Gasteiger charge is 2.35. The van der Waals surface area contributed by atoms with E-state index in [0.29, 0.717) is 13.2 Å². The Balaban J connectivity index is 2.45. The van der Waals surface area contributed by atoms with E-state index in [0.717, 1.165) is 19.0 Å². The molecule has 0 heterocycles. The van der Waals surface area contributed by atoms with Crippen LogP contribution in [0.4, 0.5) is 0 Å². The normalized spacial score (nSPS) is 30.6. The van der Waals surface area contributed by atoms with E-state index in [-0.39, 0.29) is 5.60 Å². The molecule has 0 radical (unpaired) electrons. The number of hydrogen-bond donors (Lipinski definition) is 1. The molecule has 1 aliphatic rings. The van der Waals surface area contributed by atoms with E-state index < -0.39 is 0 Å². The minimum Gasteiger partial charge on any atom is -0.382 e. The zero-order chi connectivity index (χ0) is 11.9. The van der Waals surface area contributed by atoms with Crippen molar-refractivity contribution < 1.29 is 9.47 Å². The van der Waals surface area contributed by atoms with Crippen LogP contribution < -0.4 is 5.32 Å². The predicted molar refractivity (Wildman–Crippen MR) is 66.7 cm³/mol. The Bertz CT molecular complexity index is 187. The number of nitrogens with one attached hydrogen (secondary N) is 1. The molecule has 1 rings (SSSR count). The van der Waals surface area contributed by atoms with Gasteiger partial charge in [-0.15, -0.1) is 0 Å². The van der Waals surface area contributed by atoms with Crippen LogP contribution in [-0.4, -0.2) is 39.0 Å². The summed E-state index contributed by atoms with van der Waals surface area (Å²) in [7, 11) is 1.73. The van der Waals surface area contributed by atoms with Crippen molar-refractivity contribution in [2.75, 3.05) is 33.4 Å². The molecule has 1 fully saturated rings. The van der Waals surface area contributed by atoms with Gasteiger partial charge in [-0.05, 0) is 25.3 Å². The van der Waals surface area contributed by atoms with Crippen LogP contribution in [0.3, 0.4) is 0 Å².